The molecule has 1 aliphatic rings. The quantitative estimate of drug-likeness (QED) is 0.762. The molecule has 1 saturated heterocycles. The number of nitrogens with zero attached hydrogens (tertiary/aromatic N) is 1. The summed E-state index contributed by atoms with van der Waals surface area (Å²) in [6, 6.07) is 5.58. The first-order valence-corrected chi connectivity index (χ1v) is 7.44. The van der Waals surface area contributed by atoms with Gasteiger partial charge in [-0.1, -0.05) is 22.0 Å². The minimum absolute atomic E-state index is 0.215. The zero-order valence-corrected chi connectivity index (χ0v) is 12.5. The van der Waals surface area contributed by atoms with Crippen molar-refractivity contribution in [3.8, 4) is 0 Å². The molecule has 5 heteroatoms. The van der Waals surface area contributed by atoms with Crippen molar-refractivity contribution >= 4 is 31.9 Å². The molecule has 0 N–H and O–H groups in total. The highest BCUT2D eigenvalue weighted by Crippen LogP contribution is 2.20. The zero-order chi connectivity index (χ0) is 12.3. The first-order valence-electron chi connectivity index (χ1n) is 5.52. The summed E-state index contributed by atoms with van der Waals surface area (Å²) in [5, 5.41) is 0.898. The summed E-state index contributed by atoms with van der Waals surface area (Å²) >= 11 is 6.72. The van der Waals surface area contributed by atoms with E-state index in [0.29, 0.717) is 10.5 Å². The first kappa shape index (κ1) is 13.5. The van der Waals surface area contributed by atoms with Gasteiger partial charge >= 0.3 is 0 Å². The molecule has 0 amide bonds. The number of benzene rings is 1. The number of hydrogen-bond donors (Lipinski definition) is 0. The van der Waals surface area contributed by atoms with Crippen LogP contribution in [0.15, 0.2) is 22.7 Å². The lowest BCUT2D eigenvalue weighted by molar-refractivity contribution is -0.00214. The topological polar surface area (TPSA) is 12.5 Å². The lowest BCUT2D eigenvalue weighted by Gasteiger charge is -2.34. The van der Waals surface area contributed by atoms with Gasteiger partial charge in [-0.05, 0) is 33.6 Å². The molecular formula is C12H14Br2FNO. The van der Waals surface area contributed by atoms with E-state index in [0.717, 1.165) is 37.2 Å². The Morgan fingerprint density at radius 3 is 3.00 bits per heavy atom. The van der Waals surface area contributed by atoms with Gasteiger partial charge in [0.1, 0.15) is 5.82 Å². The minimum atomic E-state index is -0.215. The van der Waals surface area contributed by atoms with Crippen molar-refractivity contribution in [1.29, 1.82) is 0 Å². The van der Waals surface area contributed by atoms with E-state index in [1.807, 2.05) is 12.1 Å². The summed E-state index contributed by atoms with van der Waals surface area (Å²) in [4.78, 5) is 2.36. The summed E-state index contributed by atoms with van der Waals surface area (Å²) in [6.07, 6.45) is 0. The van der Waals surface area contributed by atoms with Crippen molar-refractivity contribution in [1.82, 2.24) is 4.90 Å². The molecule has 94 valence electrons. The van der Waals surface area contributed by atoms with Crippen LogP contribution in [0.2, 0.25) is 0 Å². The molecule has 0 spiro atoms. The first-order chi connectivity index (χ1) is 8.20. The van der Waals surface area contributed by atoms with Crippen LogP contribution in [0.3, 0.4) is 0 Å². The Kier molecular flexibility index (Phi) is 4.97. The van der Waals surface area contributed by atoms with Crippen LogP contribution in [-0.2, 0) is 11.3 Å². The van der Waals surface area contributed by atoms with Crippen LogP contribution in [0.5, 0.6) is 0 Å². The Labute approximate surface area is 117 Å². The van der Waals surface area contributed by atoms with Crippen molar-refractivity contribution in [2.24, 2.45) is 0 Å². The second kappa shape index (κ2) is 6.27. The van der Waals surface area contributed by atoms with Gasteiger partial charge < -0.3 is 4.74 Å². The van der Waals surface area contributed by atoms with Gasteiger partial charge in [0.2, 0.25) is 0 Å². The molecule has 2 rings (SSSR count). The predicted octanol–water partition coefficient (Wildman–Crippen LogP) is 3.18. The van der Waals surface area contributed by atoms with Gasteiger partial charge in [-0.3, -0.25) is 4.90 Å². The van der Waals surface area contributed by atoms with Crippen LogP contribution < -0.4 is 0 Å². The third kappa shape index (κ3) is 3.50. The summed E-state index contributed by atoms with van der Waals surface area (Å²) in [5.74, 6) is -0.215. The van der Waals surface area contributed by atoms with Crippen LogP contribution >= 0.6 is 31.9 Å². The maximum atomic E-state index is 13.1. The van der Waals surface area contributed by atoms with E-state index >= 15 is 0 Å². The van der Waals surface area contributed by atoms with Crippen LogP contribution in [0, 0.1) is 5.82 Å². The molecule has 1 heterocycles. The molecule has 0 aromatic heterocycles. The highest BCUT2D eigenvalue weighted by molar-refractivity contribution is 9.10. The van der Waals surface area contributed by atoms with Gasteiger partial charge in [0.15, 0.2) is 0 Å². The molecule has 1 unspecified atom stereocenters. The summed E-state index contributed by atoms with van der Waals surface area (Å²) in [7, 11) is 0. The molecule has 17 heavy (non-hydrogen) atoms. The maximum Gasteiger partial charge on any atom is 0.137 e. The lowest BCUT2D eigenvalue weighted by Crippen LogP contribution is -2.45. The fourth-order valence-electron chi connectivity index (χ4n) is 1.91. The van der Waals surface area contributed by atoms with Gasteiger partial charge in [-0.15, -0.1) is 0 Å². The third-order valence-electron chi connectivity index (χ3n) is 2.90. The van der Waals surface area contributed by atoms with E-state index in [1.54, 1.807) is 0 Å². The van der Waals surface area contributed by atoms with E-state index in [9.17, 15) is 4.39 Å². The van der Waals surface area contributed by atoms with Gasteiger partial charge in [-0.25, -0.2) is 4.39 Å². The van der Waals surface area contributed by atoms with Crippen LogP contribution in [0.1, 0.15) is 5.56 Å². The molecule has 1 fully saturated rings. The average Bonchev–Trinajstić information content (AvgIpc) is 2.34. The Bertz CT molecular complexity index is 389. The number of alkyl halides is 1. The second-order valence-electron chi connectivity index (χ2n) is 4.10. The fraction of sp³-hybridized carbons (Fsp3) is 0.500. The van der Waals surface area contributed by atoms with Gasteiger partial charge in [-0.2, -0.15) is 0 Å². The molecule has 0 aliphatic carbocycles. The van der Waals surface area contributed by atoms with Crippen molar-refractivity contribution in [3.05, 3.63) is 34.1 Å². The van der Waals surface area contributed by atoms with Crippen LogP contribution in [-0.4, -0.2) is 36.0 Å². The van der Waals surface area contributed by atoms with E-state index in [1.165, 1.54) is 6.07 Å². The number of halogens is 3. The molecule has 1 aliphatic heterocycles. The smallest absolute Gasteiger partial charge is 0.137 e. The van der Waals surface area contributed by atoms with Gasteiger partial charge in [0.05, 0.1) is 17.7 Å². The normalized spacial score (nSPS) is 21.7. The van der Waals surface area contributed by atoms with Crippen molar-refractivity contribution < 1.29 is 9.13 Å². The van der Waals surface area contributed by atoms with E-state index < -0.39 is 0 Å². The monoisotopic (exact) mass is 365 g/mol. The molecule has 0 radical (unpaired) electrons. The summed E-state index contributed by atoms with van der Waals surface area (Å²) < 4.78 is 19.1. The predicted molar refractivity (Wildman–Crippen MR) is 72.9 cm³/mol. The van der Waals surface area contributed by atoms with E-state index in [2.05, 4.69) is 36.8 Å². The number of hydrogen-bond acceptors (Lipinski definition) is 2. The largest absolute Gasteiger partial charge is 0.378 e. The number of ether oxygens (including phenoxy) is 1. The Balaban J connectivity index is 2.05. The zero-order valence-electron chi connectivity index (χ0n) is 9.33. The van der Waals surface area contributed by atoms with Crippen LogP contribution in [0.25, 0.3) is 0 Å². The Morgan fingerprint density at radius 2 is 2.29 bits per heavy atom. The van der Waals surface area contributed by atoms with Crippen molar-refractivity contribution in [3.63, 3.8) is 0 Å². The highest BCUT2D eigenvalue weighted by atomic mass is 79.9. The second-order valence-corrected chi connectivity index (χ2v) is 5.60. The van der Waals surface area contributed by atoms with Gasteiger partial charge in [0, 0.05) is 24.5 Å². The molecule has 1 aromatic carbocycles. The lowest BCUT2D eigenvalue weighted by atomic mass is 10.1. The molecular weight excluding hydrogens is 353 g/mol. The van der Waals surface area contributed by atoms with Crippen LogP contribution in [0.4, 0.5) is 4.39 Å². The highest BCUT2D eigenvalue weighted by Gasteiger charge is 2.21. The van der Waals surface area contributed by atoms with E-state index in [4.69, 9.17) is 4.74 Å². The molecule has 0 bridgehead atoms. The minimum Gasteiger partial charge on any atom is -0.378 e. The molecule has 1 aromatic rings. The fourth-order valence-corrected chi connectivity index (χ4v) is 2.93. The molecule has 1 atom stereocenters. The average molecular weight is 367 g/mol. The molecule has 2 nitrogen and oxygen atoms in total. The summed E-state index contributed by atoms with van der Waals surface area (Å²) in [6.45, 7) is 3.28. The maximum absolute atomic E-state index is 13.1. The SMILES string of the molecule is Fc1ccc(CN2CCOCC2CBr)cc1Br. The Hall–Kier alpha value is 0.0300. The van der Waals surface area contributed by atoms with Crippen molar-refractivity contribution in [2.45, 2.75) is 12.6 Å². The Morgan fingerprint density at radius 1 is 1.47 bits per heavy atom. The number of rotatable bonds is 3. The molecule has 0 saturated carbocycles. The van der Waals surface area contributed by atoms with Gasteiger partial charge in [0.25, 0.3) is 0 Å². The van der Waals surface area contributed by atoms with E-state index in [-0.39, 0.29) is 5.82 Å². The third-order valence-corrected chi connectivity index (χ3v) is 4.25. The van der Waals surface area contributed by atoms with Crippen molar-refractivity contribution in [2.75, 3.05) is 25.1 Å². The summed E-state index contributed by atoms with van der Waals surface area (Å²) in [5.41, 5.74) is 1.12. The standard InChI is InChI=1S/C12H14Br2FNO/c13-6-10-8-17-4-3-16(10)7-9-1-2-12(15)11(14)5-9/h1-2,5,10H,3-4,6-8H2. The number of morpholine rings is 1.